The number of aliphatic hydroxyl groups is 1. The van der Waals surface area contributed by atoms with Crippen molar-refractivity contribution >= 4 is 10.9 Å². The minimum atomic E-state index is -0.675. The Hall–Kier alpha value is -1.85. The molecule has 0 aliphatic heterocycles. The molecule has 136 valence electrons. The summed E-state index contributed by atoms with van der Waals surface area (Å²) in [5.41, 5.74) is 0.874. The molecule has 1 aliphatic rings. The number of aromatic hydroxyl groups is 1. The third kappa shape index (κ3) is 3.58. The van der Waals surface area contributed by atoms with E-state index < -0.39 is 6.10 Å². The Morgan fingerprint density at radius 3 is 2.60 bits per heavy atom. The highest BCUT2D eigenvalue weighted by Crippen LogP contribution is 2.34. The first-order valence-electron chi connectivity index (χ1n) is 9.27. The Balaban J connectivity index is 1.95. The van der Waals surface area contributed by atoms with Gasteiger partial charge in [-0.05, 0) is 44.0 Å². The average molecular weight is 344 g/mol. The van der Waals surface area contributed by atoms with Gasteiger partial charge in [0, 0.05) is 23.5 Å². The van der Waals surface area contributed by atoms with Crippen LogP contribution in [0, 0.1) is 0 Å². The molecule has 5 nitrogen and oxygen atoms in total. The van der Waals surface area contributed by atoms with Gasteiger partial charge in [0.05, 0.1) is 11.6 Å². The zero-order valence-corrected chi connectivity index (χ0v) is 15.0. The lowest BCUT2D eigenvalue weighted by Crippen LogP contribution is -2.44. The Bertz CT molecular complexity index is 780. The van der Waals surface area contributed by atoms with Crippen molar-refractivity contribution < 1.29 is 10.2 Å². The van der Waals surface area contributed by atoms with Crippen LogP contribution in [0.1, 0.15) is 57.1 Å². The number of hydrogen-bond acceptors (Lipinski definition) is 4. The van der Waals surface area contributed by atoms with Crippen LogP contribution < -0.4 is 5.56 Å². The highest BCUT2D eigenvalue weighted by molar-refractivity contribution is 5.87. The van der Waals surface area contributed by atoms with Gasteiger partial charge in [-0.2, -0.15) is 0 Å². The molecular formula is C20H28N2O3. The van der Waals surface area contributed by atoms with Crippen LogP contribution in [0.5, 0.6) is 5.75 Å². The van der Waals surface area contributed by atoms with Crippen LogP contribution in [0.2, 0.25) is 0 Å². The molecule has 0 saturated heterocycles. The number of nitrogens with one attached hydrogen (secondary N) is 1. The summed E-state index contributed by atoms with van der Waals surface area (Å²) in [6, 6.07) is 6.94. The SMILES string of the molecule is CCC(C(O)c1ccc(O)c2[nH]c(=O)ccc12)N(C)C1CCCCC1. The quantitative estimate of drug-likeness (QED) is 0.778. The van der Waals surface area contributed by atoms with Crippen molar-refractivity contribution in [2.24, 2.45) is 0 Å². The van der Waals surface area contributed by atoms with Gasteiger partial charge in [-0.3, -0.25) is 9.69 Å². The molecule has 1 saturated carbocycles. The standard InChI is InChI=1S/C20H28N2O3/c1-3-16(22(2)13-7-5-4-6-8-13)20(25)15-9-11-17(23)19-14(15)10-12-18(24)21-19/h9-13,16,20,23,25H,3-8H2,1-2H3,(H,21,24). The Morgan fingerprint density at radius 2 is 1.92 bits per heavy atom. The van der Waals surface area contributed by atoms with Crippen LogP contribution >= 0.6 is 0 Å². The number of pyridine rings is 1. The molecule has 1 heterocycles. The number of aromatic nitrogens is 1. The molecular weight excluding hydrogens is 316 g/mol. The molecule has 1 aromatic heterocycles. The molecule has 1 aromatic carbocycles. The molecule has 3 rings (SSSR count). The first kappa shape index (κ1) is 18.0. The zero-order chi connectivity index (χ0) is 18.0. The number of H-pyrrole nitrogens is 1. The highest BCUT2D eigenvalue weighted by atomic mass is 16.3. The molecule has 1 fully saturated rings. The maximum atomic E-state index is 11.6. The second kappa shape index (κ2) is 7.58. The third-order valence-corrected chi connectivity index (χ3v) is 5.68. The molecule has 0 bridgehead atoms. The van der Waals surface area contributed by atoms with Gasteiger partial charge in [-0.25, -0.2) is 0 Å². The Labute approximate surface area is 148 Å². The number of rotatable bonds is 5. The fourth-order valence-electron chi connectivity index (χ4n) is 4.22. The van der Waals surface area contributed by atoms with Crippen LogP contribution in [0.3, 0.4) is 0 Å². The molecule has 2 atom stereocenters. The van der Waals surface area contributed by atoms with Crippen LogP contribution in [-0.4, -0.2) is 39.2 Å². The first-order valence-corrected chi connectivity index (χ1v) is 9.27. The second-order valence-electron chi connectivity index (χ2n) is 7.16. The van der Waals surface area contributed by atoms with Gasteiger partial charge in [0.15, 0.2) is 0 Å². The fraction of sp³-hybridized carbons (Fsp3) is 0.550. The molecule has 1 aliphatic carbocycles. The lowest BCUT2D eigenvalue weighted by molar-refractivity contribution is 0.0281. The largest absolute Gasteiger partial charge is 0.506 e. The summed E-state index contributed by atoms with van der Waals surface area (Å²) in [4.78, 5) is 16.6. The number of phenols is 1. The predicted octanol–water partition coefficient (Wildman–Crippen LogP) is 3.31. The number of aromatic amines is 1. The van der Waals surface area contributed by atoms with Crippen molar-refractivity contribution in [2.75, 3.05) is 7.05 Å². The minimum absolute atomic E-state index is 0.00257. The Kier molecular flexibility index (Phi) is 5.45. The summed E-state index contributed by atoms with van der Waals surface area (Å²) in [7, 11) is 2.11. The van der Waals surface area contributed by atoms with E-state index in [1.54, 1.807) is 18.2 Å². The van der Waals surface area contributed by atoms with Gasteiger partial charge < -0.3 is 15.2 Å². The monoisotopic (exact) mass is 344 g/mol. The van der Waals surface area contributed by atoms with E-state index >= 15 is 0 Å². The number of likely N-dealkylation sites (N-methyl/N-ethyl adjacent to an activating group) is 1. The average Bonchev–Trinajstić information content (AvgIpc) is 2.63. The van der Waals surface area contributed by atoms with Crippen molar-refractivity contribution in [1.29, 1.82) is 0 Å². The van der Waals surface area contributed by atoms with Crippen LogP contribution in [0.25, 0.3) is 10.9 Å². The lowest BCUT2D eigenvalue weighted by atomic mass is 9.90. The minimum Gasteiger partial charge on any atom is -0.506 e. The van der Waals surface area contributed by atoms with E-state index in [1.165, 1.54) is 38.2 Å². The van der Waals surface area contributed by atoms with Gasteiger partial charge in [-0.15, -0.1) is 0 Å². The highest BCUT2D eigenvalue weighted by Gasteiger charge is 2.30. The third-order valence-electron chi connectivity index (χ3n) is 5.68. The summed E-state index contributed by atoms with van der Waals surface area (Å²) in [6.07, 6.45) is 6.34. The topological polar surface area (TPSA) is 76.6 Å². The zero-order valence-electron chi connectivity index (χ0n) is 15.0. The maximum absolute atomic E-state index is 11.6. The summed E-state index contributed by atoms with van der Waals surface area (Å²) >= 11 is 0. The summed E-state index contributed by atoms with van der Waals surface area (Å²) in [6.45, 7) is 2.09. The molecule has 3 N–H and O–H groups in total. The summed E-state index contributed by atoms with van der Waals surface area (Å²) in [5.74, 6) is 0.0253. The summed E-state index contributed by atoms with van der Waals surface area (Å²) < 4.78 is 0. The van der Waals surface area contributed by atoms with Crippen molar-refractivity contribution in [3.63, 3.8) is 0 Å². The molecule has 2 unspecified atom stereocenters. The second-order valence-corrected chi connectivity index (χ2v) is 7.16. The van der Waals surface area contributed by atoms with E-state index in [9.17, 15) is 15.0 Å². The number of benzene rings is 1. The summed E-state index contributed by atoms with van der Waals surface area (Å²) in [5, 5.41) is 21.9. The first-order chi connectivity index (χ1) is 12.0. The molecule has 0 radical (unpaired) electrons. The molecule has 5 heteroatoms. The molecule has 25 heavy (non-hydrogen) atoms. The number of nitrogens with zero attached hydrogens (tertiary/aromatic N) is 1. The lowest BCUT2D eigenvalue weighted by Gasteiger charge is -2.39. The molecule has 0 amide bonds. The van der Waals surface area contributed by atoms with Gasteiger partial charge in [-0.1, -0.05) is 32.3 Å². The number of phenolic OH excluding ortho intramolecular Hbond substituents is 1. The Morgan fingerprint density at radius 1 is 1.20 bits per heavy atom. The van der Waals surface area contributed by atoms with E-state index in [1.807, 2.05) is 0 Å². The van der Waals surface area contributed by atoms with Crippen molar-refractivity contribution in [3.05, 3.63) is 40.2 Å². The van der Waals surface area contributed by atoms with Gasteiger partial charge in [0.25, 0.3) is 0 Å². The van der Waals surface area contributed by atoms with Gasteiger partial charge in [0.1, 0.15) is 5.75 Å². The number of aliphatic hydroxyl groups excluding tert-OH is 1. The fourth-order valence-corrected chi connectivity index (χ4v) is 4.22. The van der Waals surface area contributed by atoms with Gasteiger partial charge in [0.2, 0.25) is 5.56 Å². The van der Waals surface area contributed by atoms with E-state index in [0.717, 1.165) is 12.0 Å². The van der Waals surface area contributed by atoms with Crippen molar-refractivity contribution in [3.8, 4) is 5.75 Å². The number of fused-ring (bicyclic) bond motifs is 1. The van der Waals surface area contributed by atoms with Crippen LogP contribution in [0.4, 0.5) is 0 Å². The number of hydrogen-bond donors (Lipinski definition) is 3. The van der Waals surface area contributed by atoms with E-state index in [0.29, 0.717) is 16.9 Å². The normalized spacial score (nSPS) is 18.6. The molecule has 2 aromatic rings. The van der Waals surface area contributed by atoms with Crippen LogP contribution in [0.15, 0.2) is 29.1 Å². The molecule has 0 spiro atoms. The van der Waals surface area contributed by atoms with E-state index in [2.05, 4.69) is 23.9 Å². The van der Waals surface area contributed by atoms with Crippen LogP contribution in [-0.2, 0) is 0 Å². The van der Waals surface area contributed by atoms with Crippen molar-refractivity contribution in [2.45, 2.75) is 63.6 Å². The smallest absolute Gasteiger partial charge is 0.248 e. The van der Waals surface area contributed by atoms with E-state index in [-0.39, 0.29) is 17.4 Å². The van der Waals surface area contributed by atoms with E-state index in [4.69, 9.17) is 0 Å². The van der Waals surface area contributed by atoms with Crippen molar-refractivity contribution in [1.82, 2.24) is 9.88 Å². The predicted molar refractivity (Wildman–Crippen MR) is 99.9 cm³/mol. The maximum Gasteiger partial charge on any atom is 0.248 e. The van der Waals surface area contributed by atoms with Gasteiger partial charge >= 0.3 is 0 Å².